The number of nitrogens with one attached hydrogen (secondary N) is 1. The average molecular weight is 288 g/mol. The fourth-order valence-corrected chi connectivity index (χ4v) is 2.62. The average Bonchev–Trinajstić information content (AvgIpc) is 3.20. The normalized spacial score (nSPS) is 19.4. The van der Waals surface area contributed by atoms with Gasteiger partial charge in [0.05, 0.1) is 12.8 Å². The minimum Gasteiger partial charge on any atom is -0.490 e. The number of benzene rings is 1. The second-order valence-corrected chi connectivity index (χ2v) is 5.04. The molecule has 0 radical (unpaired) electrons. The summed E-state index contributed by atoms with van der Waals surface area (Å²) >= 11 is 0. The fourth-order valence-electron chi connectivity index (χ4n) is 2.62. The van der Waals surface area contributed by atoms with Gasteiger partial charge in [-0.3, -0.25) is 0 Å². The Kier molecular flexibility index (Phi) is 4.40. The van der Waals surface area contributed by atoms with Crippen molar-refractivity contribution in [2.24, 2.45) is 5.92 Å². The van der Waals surface area contributed by atoms with E-state index in [0.717, 1.165) is 31.0 Å². The van der Waals surface area contributed by atoms with Crippen molar-refractivity contribution in [1.29, 1.82) is 0 Å². The van der Waals surface area contributed by atoms with Gasteiger partial charge in [0, 0.05) is 12.5 Å². The summed E-state index contributed by atoms with van der Waals surface area (Å²) in [6.45, 7) is 4.47. The van der Waals surface area contributed by atoms with Gasteiger partial charge in [-0.1, -0.05) is 12.1 Å². The van der Waals surface area contributed by atoms with Crippen LogP contribution < -0.4 is 14.8 Å². The van der Waals surface area contributed by atoms with Crippen LogP contribution in [0.2, 0.25) is 0 Å². The summed E-state index contributed by atoms with van der Waals surface area (Å²) in [4.78, 5) is 4.27. The number of nitrogens with zero attached hydrogens (tertiary/aromatic N) is 1. The van der Waals surface area contributed by atoms with Crippen molar-refractivity contribution in [3.05, 3.63) is 42.6 Å². The second-order valence-electron chi connectivity index (χ2n) is 5.04. The molecule has 2 atom stereocenters. The number of aromatic nitrogens is 1. The van der Waals surface area contributed by atoms with Crippen molar-refractivity contribution in [2.75, 3.05) is 19.7 Å². The lowest BCUT2D eigenvalue weighted by molar-refractivity contribution is 0.109. The van der Waals surface area contributed by atoms with Crippen LogP contribution in [0.4, 0.5) is 0 Å². The predicted molar refractivity (Wildman–Crippen MR) is 78.5 cm³/mol. The van der Waals surface area contributed by atoms with Gasteiger partial charge in [0.2, 0.25) is 5.89 Å². The SMILES string of the molecule is CCOc1ccccc1OC(c1ncco1)C1CCNC1. The topological polar surface area (TPSA) is 56.5 Å². The summed E-state index contributed by atoms with van der Waals surface area (Å²) in [6.07, 6.45) is 4.09. The van der Waals surface area contributed by atoms with Crippen molar-refractivity contribution < 1.29 is 13.9 Å². The van der Waals surface area contributed by atoms with E-state index in [2.05, 4.69) is 10.3 Å². The molecule has 21 heavy (non-hydrogen) atoms. The first-order valence-corrected chi connectivity index (χ1v) is 7.37. The zero-order valence-electron chi connectivity index (χ0n) is 12.1. The highest BCUT2D eigenvalue weighted by Gasteiger charge is 2.31. The monoisotopic (exact) mass is 288 g/mol. The van der Waals surface area contributed by atoms with Crippen molar-refractivity contribution in [1.82, 2.24) is 10.3 Å². The van der Waals surface area contributed by atoms with Crippen LogP contribution in [0.5, 0.6) is 11.5 Å². The Morgan fingerprint density at radius 2 is 2.24 bits per heavy atom. The summed E-state index contributed by atoms with van der Waals surface area (Å²) < 4.78 is 17.3. The van der Waals surface area contributed by atoms with E-state index in [-0.39, 0.29) is 6.10 Å². The molecule has 5 heteroatoms. The van der Waals surface area contributed by atoms with E-state index in [1.54, 1.807) is 12.5 Å². The van der Waals surface area contributed by atoms with Crippen LogP contribution in [0.3, 0.4) is 0 Å². The lowest BCUT2D eigenvalue weighted by atomic mass is 10.0. The van der Waals surface area contributed by atoms with Gasteiger partial charge in [-0.2, -0.15) is 0 Å². The molecule has 1 aromatic carbocycles. The van der Waals surface area contributed by atoms with Gasteiger partial charge in [0.15, 0.2) is 17.6 Å². The molecule has 0 amide bonds. The first-order chi connectivity index (χ1) is 10.4. The van der Waals surface area contributed by atoms with Gasteiger partial charge < -0.3 is 19.2 Å². The quantitative estimate of drug-likeness (QED) is 0.885. The Labute approximate surface area is 124 Å². The molecule has 2 heterocycles. The number of hydrogen-bond acceptors (Lipinski definition) is 5. The van der Waals surface area contributed by atoms with Crippen molar-refractivity contribution in [3.63, 3.8) is 0 Å². The zero-order valence-corrected chi connectivity index (χ0v) is 12.1. The molecule has 0 bridgehead atoms. The number of ether oxygens (including phenoxy) is 2. The summed E-state index contributed by atoms with van der Waals surface area (Å²) in [6, 6.07) is 7.72. The molecule has 1 aliphatic heterocycles. The molecule has 1 aromatic heterocycles. The standard InChI is InChI=1S/C16H20N2O3/c1-2-19-13-5-3-4-6-14(13)21-15(12-7-8-17-11-12)16-18-9-10-20-16/h3-6,9-10,12,15,17H,2,7-8,11H2,1H3. The number of oxazole rings is 1. The summed E-state index contributed by atoms with van der Waals surface area (Å²) in [5, 5.41) is 3.36. The zero-order chi connectivity index (χ0) is 14.5. The second kappa shape index (κ2) is 6.63. The van der Waals surface area contributed by atoms with E-state index >= 15 is 0 Å². The van der Waals surface area contributed by atoms with Crippen LogP contribution in [0.1, 0.15) is 25.3 Å². The van der Waals surface area contributed by atoms with Gasteiger partial charge in [0.1, 0.15) is 6.26 Å². The molecule has 5 nitrogen and oxygen atoms in total. The van der Waals surface area contributed by atoms with Crippen LogP contribution in [0.25, 0.3) is 0 Å². The van der Waals surface area contributed by atoms with Crippen LogP contribution in [0.15, 0.2) is 41.1 Å². The minimum atomic E-state index is -0.198. The van der Waals surface area contributed by atoms with Crippen molar-refractivity contribution >= 4 is 0 Å². The first kappa shape index (κ1) is 13.9. The predicted octanol–water partition coefficient (Wildman–Crippen LogP) is 2.80. The van der Waals surface area contributed by atoms with Gasteiger partial charge in [-0.15, -0.1) is 0 Å². The smallest absolute Gasteiger partial charge is 0.235 e. The fraction of sp³-hybridized carbons (Fsp3) is 0.438. The molecular weight excluding hydrogens is 268 g/mol. The Morgan fingerprint density at radius 1 is 1.38 bits per heavy atom. The molecule has 3 rings (SSSR count). The molecule has 112 valence electrons. The third-order valence-corrected chi connectivity index (χ3v) is 3.62. The highest BCUT2D eigenvalue weighted by Crippen LogP contribution is 2.35. The van der Waals surface area contributed by atoms with Gasteiger partial charge in [0.25, 0.3) is 0 Å². The Bertz CT molecular complexity index is 550. The maximum absolute atomic E-state index is 6.21. The van der Waals surface area contributed by atoms with Crippen LogP contribution >= 0.6 is 0 Å². The number of hydrogen-bond donors (Lipinski definition) is 1. The molecule has 2 unspecified atom stereocenters. The molecular formula is C16H20N2O3. The number of para-hydroxylation sites is 2. The van der Waals surface area contributed by atoms with Crippen molar-refractivity contribution in [2.45, 2.75) is 19.4 Å². The first-order valence-electron chi connectivity index (χ1n) is 7.37. The molecule has 1 N–H and O–H groups in total. The molecule has 0 spiro atoms. The molecule has 1 aliphatic rings. The van der Waals surface area contributed by atoms with Crippen molar-refractivity contribution in [3.8, 4) is 11.5 Å². The van der Waals surface area contributed by atoms with Gasteiger partial charge >= 0.3 is 0 Å². The lowest BCUT2D eigenvalue weighted by Crippen LogP contribution is -2.22. The van der Waals surface area contributed by atoms with Crippen LogP contribution in [-0.2, 0) is 0 Å². The van der Waals surface area contributed by atoms with Gasteiger partial charge in [-0.25, -0.2) is 4.98 Å². The summed E-state index contributed by atoms with van der Waals surface area (Å²) in [5.41, 5.74) is 0. The summed E-state index contributed by atoms with van der Waals surface area (Å²) in [5.74, 6) is 2.45. The summed E-state index contributed by atoms with van der Waals surface area (Å²) in [7, 11) is 0. The lowest BCUT2D eigenvalue weighted by Gasteiger charge is -2.22. The van der Waals surface area contributed by atoms with E-state index in [9.17, 15) is 0 Å². The van der Waals surface area contributed by atoms with E-state index in [4.69, 9.17) is 13.9 Å². The number of rotatable bonds is 6. The largest absolute Gasteiger partial charge is 0.490 e. The van der Waals surface area contributed by atoms with E-state index in [1.165, 1.54) is 0 Å². The maximum atomic E-state index is 6.21. The van der Waals surface area contributed by atoms with Gasteiger partial charge in [-0.05, 0) is 32.0 Å². The van der Waals surface area contributed by atoms with E-state index in [1.807, 2.05) is 31.2 Å². The highest BCUT2D eigenvalue weighted by atomic mass is 16.5. The Hall–Kier alpha value is -2.01. The third kappa shape index (κ3) is 3.19. The molecule has 1 fully saturated rings. The molecule has 0 saturated carbocycles. The molecule has 2 aromatic rings. The molecule has 0 aliphatic carbocycles. The Morgan fingerprint density at radius 3 is 2.90 bits per heavy atom. The third-order valence-electron chi connectivity index (χ3n) is 3.62. The molecule has 1 saturated heterocycles. The Balaban J connectivity index is 1.84. The van der Waals surface area contributed by atoms with E-state index < -0.39 is 0 Å². The van der Waals surface area contributed by atoms with Crippen LogP contribution in [0, 0.1) is 5.92 Å². The van der Waals surface area contributed by atoms with E-state index in [0.29, 0.717) is 18.4 Å². The van der Waals surface area contributed by atoms with Crippen LogP contribution in [-0.4, -0.2) is 24.7 Å². The highest BCUT2D eigenvalue weighted by molar-refractivity contribution is 5.39. The minimum absolute atomic E-state index is 0.198. The maximum Gasteiger partial charge on any atom is 0.235 e.